The van der Waals surface area contributed by atoms with Gasteiger partial charge in [0.05, 0.1) is 11.0 Å². The molecule has 5 heteroatoms. The van der Waals surface area contributed by atoms with Gasteiger partial charge in [0.2, 0.25) is 0 Å². The van der Waals surface area contributed by atoms with Crippen molar-refractivity contribution in [3.8, 4) is 0 Å². The summed E-state index contributed by atoms with van der Waals surface area (Å²) < 4.78 is 23.3. The second-order valence-electron chi connectivity index (χ2n) is 5.26. The Morgan fingerprint density at radius 2 is 2.19 bits per heavy atom. The van der Waals surface area contributed by atoms with E-state index in [1.165, 1.54) is 0 Å². The molecule has 0 spiro atoms. The number of nitrogens with zero attached hydrogens (tertiary/aromatic N) is 1. The van der Waals surface area contributed by atoms with Gasteiger partial charge in [-0.1, -0.05) is 0 Å². The van der Waals surface area contributed by atoms with Crippen LogP contribution in [0.15, 0.2) is 0 Å². The van der Waals surface area contributed by atoms with Crippen LogP contribution in [-0.4, -0.2) is 56.5 Å². The van der Waals surface area contributed by atoms with Crippen LogP contribution in [0.25, 0.3) is 0 Å². The zero-order valence-corrected chi connectivity index (χ0v) is 11.0. The molecule has 4 nitrogen and oxygen atoms in total. The van der Waals surface area contributed by atoms with Crippen LogP contribution in [0.2, 0.25) is 0 Å². The van der Waals surface area contributed by atoms with E-state index in [4.69, 9.17) is 0 Å². The monoisotopic (exact) mass is 246 g/mol. The van der Waals surface area contributed by atoms with Gasteiger partial charge in [0.1, 0.15) is 0 Å². The Morgan fingerprint density at radius 1 is 1.44 bits per heavy atom. The largest absolute Gasteiger partial charge is 0.311 e. The Labute approximate surface area is 98.3 Å². The van der Waals surface area contributed by atoms with E-state index in [9.17, 15) is 8.42 Å². The quantitative estimate of drug-likeness (QED) is 0.775. The molecule has 0 saturated carbocycles. The van der Waals surface area contributed by atoms with Crippen LogP contribution >= 0.6 is 0 Å². The Hall–Kier alpha value is -0.130. The summed E-state index contributed by atoms with van der Waals surface area (Å²) in [5.41, 5.74) is 0. The molecule has 2 aliphatic rings. The lowest BCUT2D eigenvalue weighted by molar-refractivity contribution is 0.326. The molecule has 1 N–H and O–H groups in total. The number of hydrogen-bond acceptors (Lipinski definition) is 4. The first kappa shape index (κ1) is 12.3. The maximum Gasteiger partial charge on any atom is 0.154 e. The number of nitrogens with one attached hydrogen (secondary N) is 1. The van der Waals surface area contributed by atoms with Gasteiger partial charge >= 0.3 is 0 Å². The molecular formula is C11H22N2O2S. The van der Waals surface area contributed by atoms with Gasteiger partial charge in [-0.2, -0.15) is 0 Å². The van der Waals surface area contributed by atoms with Gasteiger partial charge in [0.15, 0.2) is 9.84 Å². The van der Waals surface area contributed by atoms with Gasteiger partial charge in [-0.3, -0.25) is 0 Å². The summed E-state index contributed by atoms with van der Waals surface area (Å²) >= 11 is 0. The lowest BCUT2D eigenvalue weighted by Gasteiger charge is -2.16. The maximum absolute atomic E-state index is 11.6. The minimum Gasteiger partial charge on any atom is -0.311 e. The SMILES string of the molecule is CC1CC(NCC2CCCS2(=O)=O)CN1C. The Morgan fingerprint density at radius 3 is 2.69 bits per heavy atom. The molecule has 0 bridgehead atoms. The second-order valence-corrected chi connectivity index (χ2v) is 7.66. The van der Waals surface area contributed by atoms with Crippen LogP contribution in [-0.2, 0) is 9.84 Å². The van der Waals surface area contributed by atoms with Crippen molar-refractivity contribution in [1.29, 1.82) is 0 Å². The van der Waals surface area contributed by atoms with Crippen molar-refractivity contribution in [3.63, 3.8) is 0 Å². The molecule has 0 aromatic carbocycles. The van der Waals surface area contributed by atoms with E-state index in [1.54, 1.807) is 0 Å². The summed E-state index contributed by atoms with van der Waals surface area (Å²) in [6, 6.07) is 1.08. The highest BCUT2D eigenvalue weighted by Crippen LogP contribution is 2.20. The second kappa shape index (κ2) is 4.63. The van der Waals surface area contributed by atoms with E-state index < -0.39 is 9.84 Å². The average Bonchev–Trinajstić information content (AvgIpc) is 2.68. The van der Waals surface area contributed by atoms with E-state index in [0.717, 1.165) is 25.8 Å². The lowest BCUT2D eigenvalue weighted by Crippen LogP contribution is -2.38. The Bertz CT molecular complexity index is 332. The summed E-state index contributed by atoms with van der Waals surface area (Å²) in [4.78, 5) is 2.32. The number of rotatable bonds is 3. The number of sulfone groups is 1. The molecule has 0 amide bonds. The predicted octanol–water partition coefficient (Wildman–Crippen LogP) is 0.246. The summed E-state index contributed by atoms with van der Waals surface area (Å²) in [5, 5.41) is 3.29. The maximum atomic E-state index is 11.6. The molecule has 2 rings (SSSR count). The number of likely N-dealkylation sites (N-methyl/N-ethyl adjacent to an activating group) is 1. The molecule has 3 unspecified atom stereocenters. The predicted molar refractivity (Wildman–Crippen MR) is 65.3 cm³/mol. The highest BCUT2D eigenvalue weighted by molar-refractivity contribution is 7.92. The van der Waals surface area contributed by atoms with Crippen molar-refractivity contribution in [1.82, 2.24) is 10.2 Å². The van der Waals surface area contributed by atoms with Crippen molar-refractivity contribution in [2.45, 2.75) is 43.5 Å². The molecule has 2 aliphatic heterocycles. The molecule has 0 aromatic rings. The molecular weight excluding hydrogens is 224 g/mol. The molecule has 0 radical (unpaired) electrons. The van der Waals surface area contributed by atoms with Crippen LogP contribution < -0.4 is 5.32 Å². The fraction of sp³-hybridized carbons (Fsp3) is 1.00. The van der Waals surface area contributed by atoms with Gasteiger partial charge in [-0.05, 0) is 33.2 Å². The smallest absolute Gasteiger partial charge is 0.154 e. The molecule has 0 aromatic heterocycles. The van der Waals surface area contributed by atoms with Crippen LogP contribution in [0.5, 0.6) is 0 Å². The normalized spacial score (nSPS) is 39.2. The summed E-state index contributed by atoms with van der Waals surface area (Å²) in [5.74, 6) is 0.389. The zero-order chi connectivity index (χ0) is 11.8. The standard InChI is InChI=1S/C11H22N2O2S/c1-9-6-10(8-13(9)2)12-7-11-4-3-5-16(11,14)15/h9-12H,3-8H2,1-2H3. The van der Waals surface area contributed by atoms with Gasteiger partial charge < -0.3 is 10.2 Å². The molecule has 94 valence electrons. The summed E-state index contributed by atoms with van der Waals surface area (Å²) in [6.07, 6.45) is 2.81. The Kier molecular flexibility index (Phi) is 3.56. The molecule has 2 fully saturated rings. The third kappa shape index (κ3) is 2.57. The Balaban J connectivity index is 1.80. The molecule has 16 heavy (non-hydrogen) atoms. The molecule has 0 aliphatic carbocycles. The van der Waals surface area contributed by atoms with Crippen LogP contribution in [0.4, 0.5) is 0 Å². The molecule has 2 heterocycles. The van der Waals surface area contributed by atoms with Crippen molar-refractivity contribution in [2.75, 3.05) is 25.9 Å². The third-order valence-corrected chi connectivity index (χ3v) is 6.26. The van der Waals surface area contributed by atoms with Crippen molar-refractivity contribution < 1.29 is 8.42 Å². The topological polar surface area (TPSA) is 49.4 Å². The number of hydrogen-bond donors (Lipinski definition) is 1. The van der Waals surface area contributed by atoms with Crippen molar-refractivity contribution >= 4 is 9.84 Å². The van der Waals surface area contributed by atoms with Crippen LogP contribution in [0.3, 0.4) is 0 Å². The van der Waals surface area contributed by atoms with E-state index in [-0.39, 0.29) is 5.25 Å². The van der Waals surface area contributed by atoms with Crippen molar-refractivity contribution in [3.05, 3.63) is 0 Å². The molecule has 3 atom stereocenters. The van der Waals surface area contributed by atoms with Gasteiger partial charge in [0, 0.05) is 25.2 Å². The van der Waals surface area contributed by atoms with Crippen molar-refractivity contribution in [2.24, 2.45) is 0 Å². The summed E-state index contributed by atoms with van der Waals surface area (Å²) in [6.45, 7) is 3.90. The van der Waals surface area contributed by atoms with Gasteiger partial charge in [-0.15, -0.1) is 0 Å². The minimum absolute atomic E-state index is 0.131. The first-order chi connectivity index (χ1) is 7.49. The van der Waals surface area contributed by atoms with E-state index in [1.807, 2.05) is 0 Å². The average molecular weight is 246 g/mol. The highest BCUT2D eigenvalue weighted by atomic mass is 32.2. The van der Waals surface area contributed by atoms with Gasteiger partial charge in [0.25, 0.3) is 0 Å². The van der Waals surface area contributed by atoms with Gasteiger partial charge in [-0.25, -0.2) is 8.42 Å². The van der Waals surface area contributed by atoms with E-state index >= 15 is 0 Å². The fourth-order valence-corrected chi connectivity index (χ4v) is 4.51. The third-order valence-electron chi connectivity index (χ3n) is 3.98. The summed E-state index contributed by atoms with van der Waals surface area (Å²) in [7, 11) is -0.658. The fourth-order valence-electron chi connectivity index (χ4n) is 2.73. The lowest BCUT2D eigenvalue weighted by atomic mass is 10.2. The number of likely N-dealkylation sites (tertiary alicyclic amines) is 1. The first-order valence-corrected chi connectivity index (χ1v) is 7.86. The van der Waals surface area contributed by atoms with E-state index in [0.29, 0.717) is 24.4 Å². The first-order valence-electron chi connectivity index (χ1n) is 6.14. The molecule has 2 saturated heterocycles. The van der Waals surface area contributed by atoms with Crippen LogP contribution in [0, 0.1) is 0 Å². The van der Waals surface area contributed by atoms with Crippen LogP contribution in [0.1, 0.15) is 26.2 Å². The van der Waals surface area contributed by atoms with E-state index in [2.05, 4.69) is 24.2 Å². The zero-order valence-electron chi connectivity index (χ0n) is 10.1. The highest BCUT2D eigenvalue weighted by Gasteiger charge is 2.32. The minimum atomic E-state index is -2.78.